The van der Waals surface area contributed by atoms with Gasteiger partial charge in [0.2, 0.25) is 0 Å². The Labute approximate surface area is 114 Å². The second-order valence-corrected chi connectivity index (χ2v) is 4.54. The minimum Gasteiger partial charge on any atom is -0.496 e. The molecule has 100 valence electrons. The van der Waals surface area contributed by atoms with E-state index in [0.717, 1.165) is 22.4 Å². The first-order valence-electron chi connectivity index (χ1n) is 6.16. The zero-order chi connectivity index (χ0) is 14.0. The second-order valence-electron chi connectivity index (χ2n) is 4.54. The van der Waals surface area contributed by atoms with E-state index in [2.05, 4.69) is 26.0 Å². The van der Waals surface area contributed by atoms with Crippen molar-refractivity contribution < 1.29 is 9.47 Å². The van der Waals surface area contributed by atoms with Crippen molar-refractivity contribution in [1.29, 1.82) is 0 Å². The topological polar surface area (TPSA) is 44.5 Å². The molecule has 0 saturated carbocycles. The molecular weight excluding hydrogens is 238 g/mol. The molecule has 0 aliphatic carbocycles. The largest absolute Gasteiger partial charge is 0.496 e. The maximum Gasteiger partial charge on any atom is 0.141 e. The van der Waals surface area contributed by atoms with E-state index in [4.69, 9.17) is 15.2 Å². The molecule has 2 rings (SSSR count). The zero-order valence-corrected chi connectivity index (χ0v) is 11.8. The Morgan fingerprint density at radius 3 is 2.26 bits per heavy atom. The van der Waals surface area contributed by atoms with E-state index in [-0.39, 0.29) is 0 Å². The fourth-order valence-electron chi connectivity index (χ4n) is 2.18. The Balaban J connectivity index is 2.59. The number of ether oxygens (including phenoxy) is 2. The lowest BCUT2D eigenvalue weighted by molar-refractivity contribution is 0.412. The van der Waals surface area contributed by atoms with E-state index in [0.29, 0.717) is 11.4 Å². The highest BCUT2D eigenvalue weighted by Gasteiger charge is 2.11. The van der Waals surface area contributed by atoms with Crippen LogP contribution in [-0.4, -0.2) is 14.2 Å². The summed E-state index contributed by atoms with van der Waals surface area (Å²) in [5.41, 5.74) is 11.0. The molecule has 0 amide bonds. The lowest BCUT2D eigenvalue weighted by atomic mass is 9.98. The van der Waals surface area contributed by atoms with Crippen molar-refractivity contribution in [2.24, 2.45) is 0 Å². The van der Waals surface area contributed by atoms with Crippen LogP contribution in [0.25, 0.3) is 11.1 Å². The van der Waals surface area contributed by atoms with Gasteiger partial charge in [0, 0.05) is 5.56 Å². The molecule has 0 heterocycles. The van der Waals surface area contributed by atoms with Gasteiger partial charge < -0.3 is 15.2 Å². The molecule has 0 aliphatic rings. The van der Waals surface area contributed by atoms with Crippen molar-refractivity contribution in [3.05, 3.63) is 41.5 Å². The molecule has 0 aromatic heterocycles. The minimum absolute atomic E-state index is 0.625. The average Bonchev–Trinajstić information content (AvgIpc) is 2.41. The lowest BCUT2D eigenvalue weighted by Crippen LogP contribution is -1.96. The van der Waals surface area contributed by atoms with E-state index < -0.39 is 0 Å². The Kier molecular flexibility index (Phi) is 3.65. The van der Waals surface area contributed by atoms with Crippen LogP contribution < -0.4 is 15.2 Å². The number of nitrogen functional groups attached to an aromatic ring is 1. The van der Waals surface area contributed by atoms with Gasteiger partial charge in [-0.3, -0.25) is 0 Å². The molecule has 19 heavy (non-hydrogen) atoms. The molecule has 2 N–H and O–H groups in total. The van der Waals surface area contributed by atoms with Crippen LogP contribution in [0.5, 0.6) is 11.5 Å². The summed E-state index contributed by atoms with van der Waals surface area (Å²) >= 11 is 0. The van der Waals surface area contributed by atoms with Gasteiger partial charge in [0.05, 0.1) is 19.9 Å². The maximum atomic E-state index is 5.96. The Morgan fingerprint density at radius 1 is 0.947 bits per heavy atom. The van der Waals surface area contributed by atoms with Gasteiger partial charge >= 0.3 is 0 Å². The maximum absolute atomic E-state index is 5.96. The smallest absolute Gasteiger partial charge is 0.141 e. The van der Waals surface area contributed by atoms with Crippen LogP contribution in [0.2, 0.25) is 0 Å². The predicted octanol–water partition coefficient (Wildman–Crippen LogP) is 3.57. The highest BCUT2D eigenvalue weighted by molar-refractivity contribution is 5.76. The summed E-state index contributed by atoms with van der Waals surface area (Å²) in [5, 5.41) is 0. The van der Waals surface area contributed by atoms with Crippen molar-refractivity contribution in [1.82, 2.24) is 0 Å². The van der Waals surface area contributed by atoms with E-state index in [9.17, 15) is 0 Å². The fourth-order valence-corrected chi connectivity index (χ4v) is 2.18. The molecule has 0 radical (unpaired) electrons. The summed E-state index contributed by atoms with van der Waals surface area (Å²) < 4.78 is 10.7. The van der Waals surface area contributed by atoms with Gasteiger partial charge in [-0.15, -0.1) is 0 Å². The minimum atomic E-state index is 0.625. The van der Waals surface area contributed by atoms with Gasteiger partial charge in [-0.05, 0) is 42.7 Å². The molecule has 0 fully saturated rings. The number of hydrogen-bond acceptors (Lipinski definition) is 3. The predicted molar refractivity (Wildman–Crippen MR) is 78.9 cm³/mol. The van der Waals surface area contributed by atoms with Gasteiger partial charge in [0.1, 0.15) is 11.5 Å². The van der Waals surface area contributed by atoms with E-state index in [1.54, 1.807) is 14.2 Å². The number of aryl methyl sites for hydroxylation is 1. The first-order chi connectivity index (χ1) is 9.08. The van der Waals surface area contributed by atoms with Crippen LogP contribution in [0, 0.1) is 13.8 Å². The molecule has 0 unspecified atom stereocenters. The molecule has 0 atom stereocenters. The quantitative estimate of drug-likeness (QED) is 0.855. The number of rotatable bonds is 3. The molecule has 2 aromatic rings. The van der Waals surface area contributed by atoms with E-state index >= 15 is 0 Å². The summed E-state index contributed by atoms with van der Waals surface area (Å²) in [6.45, 7) is 4.13. The van der Waals surface area contributed by atoms with E-state index in [1.165, 1.54) is 5.56 Å². The highest BCUT2D eigenvalue weighted by atomic mass is 16.5. The molecule has 0 bridgehead atoms. The molecule has 0 spiro atoms. The number of benzene rings is 2. The summed E-state index contributed by atoms with van der Waals surface area (Å²) in [4.78, 5) is 0. The van der Waals surface area contributed by atoms with Gasteiger partial charge in [0.15, 0.2) is 0 Å². The SMILES string of the molecule is COc1ccc(-c2ccc(C)c(C)c2OC)cc1N. The van der Waals surface area contributed by atoms with Crippen LogP contribution in [0.15, 0.2) is 30.3 Å². The molecule has 0 aliphatic heterocycles. The molecular formula is C16H19NO2. The Morgan fingerprint density at radius 2 is 1.68 bits per heavy atom. The van der Waals surface area contributed by atoms with Gasteiger partial charge in [-0.25, -0.2) is 0 Å². The third-order valence-electron chi connectivity index (χ3n) is 3.42. The summed E-state index contributed by atoms with van der Waals surface area (Å²) in [7, 11) is 3.31. The number of methoxy groups -OCH3 is 2. The van der Waals surface area contributed by atoms with Crippen molar-refractivity contribution in [2.45, 2.75) is 13.8 Å². The van der Waals surface area contributed by atoms with Crippen LogP contribution in [0.1, 0.15) is 11.1 Å². The Bertz CT molecular complexity index is 606. The van der Waals surface area contributed by atoms with Gasteiger partial charge in [0.25, 0.3) is 0 Å². The third kappa shape index (κ3) is 2.36. The highest BCUT2D eigenvalue weighted by Crippen LogP contribution is 2.36. The first kappa shape index (κ1) is 13.3. The average molecular weight is 257 g/mol. The molecule has 0 saturated heterocycles. The van der Waals surface area contributed by atoms with Gasteiger partial charge in [-0.1, -0.05) is 18.2 Å². The van der Waals surface area contributed by atoms with Crippen molar-refractivity contribution >= 4 is 5.69 Å². The van der Waals surface area contributed by atoms with Crippen LogP contribution in [0.4, 0.5) is 5.69 Å². The second kappa shape index (κ2) is 5.22. The summed E-state index contributed by atoms with van der Waals surface area (Å²) in [5.74, 6) is 1.58. The van der Waals surface area contributed by atoms with Gasteiger partial charge in [-0.2, -0.15) is 0 Å². The first-order valence-corrected chi connectivity index (χ1v) is 6.16. The number of nitrogens with two attached hydrogens (primary N) is 1. The number of anilines is 1. The normalized spacial score (nSPS) is 10.3. The van der Waals surface area contributed by atoms with E-state index in [1.807, 2.05) is 18.2 Å². The molecule has 3 heteroatoms. The van der Waals surface area contributed by atoms with Crippen molar-refractivity contribution in [3.8, 4) is 22.6 Å². The van der Waals surface area contributed by atoms with Crippen molar-refractivity contribution in [2.75, 3.05) is 20.0 Å². The Hall–Kier alpha value is -2.16. The molecule has 2 aromatic carbocycles. The van der Waals surface area contributed by atoms with Crippen LogP contribution in [-0.2, 0) is 0 Å². The zero-order valence-electron chi connectivity index (χ0n) is 11.8. The molecule has 3 nitrogen and oxygen atoms in total. The standard InChI is InChI=1S/C16H19NO2/c1-10-5-7-13(16(19-4)11(10)2)12-6-8-15(18-3)14(17)9-12/h5-9H,17H2,1-4H3. The lowest BCUT2D eigenvalue weighted by Gasteiger charge is -2.14. The summed E-state index contributed by atoms with van der Waals surface area (Å²) in [6, 6.07) is 9.92. The number of hydrogen-bond donors (Lipinski definition) is 1. The van der Waals surface area contributed by atoms with Crippen LogP contribution >= 0.6 is 0 Å². The monoisotopic (exact) mass is 257 g/mol. The van der Waals surface area contributed by atoms with Crippen molar-refractivity contribution in [3.63, 3.8) is 0 Å². The fraction of sp³-hybridized carbons (Fsp3) is 0.250. The van der Waals surface area contributed by atoms with Crippen LogP contribution in [0.3, 0.4) is 0 Å². The third-order valence-corrected chi connectivity index (χ3v) is 3.42. The summed E-state index contributed by atoms with van der Waals surface area (Å²) in [6.07, 6.45) is 0.